The lowest BCUT2D eigenvalue weighted by molar-refractivity contribution is -0.141. The Bertz CT molecular complexity index is 849. The summed E-state index contributed by atoms with van der Waals surface area (Å²) in [5, 5.41) is 3.77. The molecule has 0 N–H and O–H groups in total. The van der Waals surface area contributed by atoms with Crippen molar-refractivity contribution in [1.82, 2.24) is 9.78 Å². The highest BCUT2D eigenvalue weighted by atomic mass is 32.1. The number of aromatic nitrogens is 2. The van der Waals surface area contributed by atoms with E-state index < -0.39 is 23.4 Å². The molecular formula is C19H19F3N2O2S. The van der Waals surface area contributed by atoms with E-state index in [4.69, 9.17) is 8.42 Å². The van der Waals surface area contributed by atoms with Gasteiger partial charge < -0.3 is 0 Å². The van der Waals surface area contributed by atoms with Crippen LogP contribution in [0.2, 0.25) is 0 Å². The standard InChI is InChI=1S/C18H15F3N2.CH4.O2S/c1-12-3-7-14(8-4-12)16-11-17(18(19,20)21)22-23(16)15-9-5-13(2)6-10-15;;1-3-2/h3-11H,1-2H3;1H4;. The van der Waals surface area contributed by atoms with Crippen LogP contribution >= 0.6 is 0 Å². The first-order chi connectivity index (χ1) is 12.3. The van der Waals surface area contributed by atoms with Crippen LogP contribution in [0.25, 0.3) is 16.9 Å². The van der Waals surface area contributed by atoms with Crippen LogP contribution in [0, 0.1) is 13.8 Å². The Morgan fingerprint density at radius 1 is 0.889 bits per heavy atom. The molecule has 0 spiro atoms. The third-order valence-electron chi connectivity index (χ3n) is 3.63. The summed E-state index contributed by atoms with van der Waals surface area (Å²) in [6, 6.07) is 15.7. The third kappa shape index (κ3) is 5.62. The van der Waals surface area contributed by atoms with Gasteiger partial charge in [0, 0.05) is 5.56 Å². The van der Waals surface area contributed by atoms with Gasteiger partial charge in [0.05, 0.1) is 11.4 Å². The van der Waals surface area contributed by atoms with E-state index in [-0.39, 0.29) is 7.43 Å². The SMILES string of the molecule is C.Cc1ccc(-c2cc(C(F)(F)F)nn2-c2ccc(C)cc2)cc1.O=S=O. The number of nitrogens with zero attached hydrogens (tertiary/aromatic N) is 2. The fraction of sp³-hybridized carbons (Fsp3) is 0.211. The minimum atomic E-state index is -4.48. The molecule has 8 heteroatoms. The largest absolute Gasteiger partial charge is 0.435 e. The predicted molar refractivity (Wildman–Crippen MR) is 99.1 cm³/mol. The summed E-state index contributed by atoms with van der Waals surface area (Å²) in [6.07, 6.45) is -4.48. The lowest BCUT2D eigenvalue weighted by atomic mass is 10.1. The van der Waals surface area contributed by atoms with Gasteiger partial charge in [-0.2, -0.15) is 26.7 Å². The molecule has 0 radical (unpaired) electrons. The molecule has 0 fully saturated rings. The van der Waals surface area contributed by atoms with E-state index in [2.05, 4.69) is 5.10 Å². The van der Waals surface area contributed by atoms with E-state index in [0.29, 0.717) is 16.9 Å². The fourth-order valence-electron chi connectivity index (χ4n) is 2.33. The monoisotopic (exact) mass is 396 g/mol. The number of benzene rings is 2. The summed E-state index contributed by atoms with van der Waals surface area (Å²) in [5.74, 6) is 0. The topological polar surface area (TPSA) is 52.0 Å². The number of halogens is 3. The van der Waals surface area contributed by atoms with Gasteiger partial charge >= 0.3 is 17.7 Å². The maximum absolute atomic E-state index is 13.1. The second-order valence-corrected chi connectivity index (χ2v) is 5.73. The molecule has 3 aromatic rings. The van der Waals surface area contributed by atoms with Crippen LogP contribution in [-0.2, 0) is 17.7 Å². The molecule has 3 rings (SSSR count). The molecule has 27 heavy (non-hydrogen) atoms. The van der Waals surface area contributed by atoms with E-state index in [1.165, 1.54) is 4.68 Å². The molecule has 0 aliphatic heterocycles. The quantitative estimate of drug-likeness (QED) is 0.603. The Kier molecular flexibility index (Phi) is 7.66. The van der Waals surface area contributed by atoms with Gasteiger partial charge in [0.1, 0.15) is 0 Å². The molecule has 0 amide bonds. The first-order valence-corrected chi connectivity index (χ1v) is 8.16. The minimum absolute atomic E-state index is 0. The van der Waals surface area contributed by atoms with Gasteiger partial charge in [-0.3, -0.25) is 0 Å². The average molecular weight is 396 g/mol. The third-order valence-corrected chi connectivity index (χ3v) is 3.63. The van der Waals surface area contributed by atoms with Crippen molar-refractivity contribution >= 4 is 11.6 Å². The van der Waals surface area contributed by atoms with Crippen LogP contribution in [0.15, 0.2) is 54.6 Å². The molecule has 144 valence electrons. The maximum atomic E-state index is 13.1. The lowest BCUT2D eigenvalue weighted by Gasteiger charge is -2.08. The predicted octanol–water partition coefficient (Wildman–Crippen LogP) is 5.14. The van der Waals surface area contributed by atoms with Crippen LogP contribution in [0.3, 0.4) is 0 Å². The first kappa shape index (κ1) is 22.3. The second kappa shape index (κ2) is 9.27. The number of rotatable bonds is 2. The molecule has 0 bridgehead atoms. The smallest absolute Gasteiger partial charge is 0.233 e. The van der Waals surface area contributed by atoms with Gasteiger partial charge in [0.2, 0.25) is 0 Å². The zero-order valence-electron chi connectivity index (χ0n) is 13.9. The average Bonchev–Trinajstić information content (AvgIpc) is 3.02. The fourth-order valence-corrected chi connectivity index (χ4v) is 2.33. The van der Waals surface area contributed by atoms with Gasteiger partial charge in [0.25, 0.3) is 0 Å². The van der Waals surface area contributed by atoms with Crippen LogP contribution in [-0.4, -0.2) is 18.2 Å². The summed E-state index contributed by atoms with van der Waals surface area (Å²) in [7, 11) is 0. The molecule has 4 nitrogen and oxygen atoms in total. The van der Waals surface area contributed by atoms with Crippen molar-refractivity contribution < 1.29 is 21.6 Å². The van der Waals surface area contributed by atoms with Crippen molar-refractivity contribution in [3.63, 3.8) is 0 Å². The Hall–Kier alpha value is -2.74. The molecule has 0 saturated heterocycles. The van der Waals surface area contributed by atoms with Crippen molar-refractivity contribution in [3.8, 4) is 16.9 Å². The number of hydrogen-bond acceptors (Lipinski definition) is 3. The molecule has 0 atom stereocenters. The van der Waals surface area contributed by atoms with Crippen molar-refractivity contribution in [2.75, 3.05) is 0 Å². The Morgan fingerprint density at radius 2 is 1.33 bits per heavy atom. The summed E-state index contributed by atoms with van der Waals surface area (Å²) in [4.78, 5) is 0. The zero-order chi connectivity index (χ0) is 19.3. The highest BCUT2D eigenvalue weighted by Gasteiger charge is 2.35. The Balaban J connectivity index is 0.000000855. The van der Waals surface area contributed by atoms with E-state index in [1.807, 2.05) is 38.1 Å². The van der Waals surface area contributed by atoms with E-state index in [1.54, 1.807) is 24.3 Å². The van der Waals surface area contributed by atoms with Crippen molar-refractivity contribution in [2.24, 2.45) is 0 Å². The maximum Gasteiger partial charge on any atom is 0.435 e. The Morgan fingerprint density at radius 3 is 1.78 bits per heavy atom. The number of aryl methyl sites for hydroxylation is 2. The highest BCUT2D eigenvalue weighted by molar-refractivity contribution is 7.51. The molecule has 0 saturated carbocycles. The van der Waals surface area contributed by atoms with E-state index in [0.717, 1.165) is 17.2 Å². The minimum Gasteiger partial charge on any atom is -0.233 e. The molecule has 1 aromatic heterocycles. The van der Waals surface area contributed by atoms with Gasteiger partial charge in [-0.05, 0) is 32.0 Å². The Labute approximate surface area is 159 Å². The lowest BCUT2D eigenvalue weighted by Crippen LogP contribution is -2.07. The van der Waals surface area contributed by atoms with Crippen molar-refractivity contribution in [3.05, 3.63) is 71.4 Å². The highest BCUT2D eigenvalue weighted by Crippen LogP contribution is 2.33. The summed E-state index contributed by atoms with van der Waals surface area (Å²) in [5.41, 5.74) is 2.90. The van der Waals surface area contributed by atoms with Gasteiger partial charge in [0.15, 0.2) is 5.69 Å². The number of hydrogen-bond donors (Lipinski definition) is 0. The first-order valence-electron chi connectivity index (χ1n) is 7.49. The van der Waals surface area contributed by atoms with Crippen molar-refractivity contribution in [1.29, 1.82) is 0 Å². The molecule has 0 aliphatic carbocycles. The van der Waals surface area contributed by atoms with Gasteiger partial charge in [-0.1, -0.05) is 55.0 Å². The normalized spacial score (nSPS) is 10.4. The number of alkyl halides is 3. The molecule has 0 unspecified atom stereocenters. The summed E-state index contributed by atoms with van der Waals surface area (Å²) in [6.45, 7) is 3.86. The zero-order valence-corrected chi connectivity index (χ0v) is 14.8. The van der Waals surface area contributed by atoms with Gasteiger partial charge in [-0.15, -0.1) is 0 Å². The van der Waals surface area contributed by atoms with Crippen LogP contribution in [0.5, 0.6) is 0 Å². The van der Waals surface area contributed by atoms with Crippen LogP contribution in [0.1, 0.15) is 24.2 Å². The second-order valence-electron chi connectivity index (χ2n) is 5.59. The van der Waals surface area contributed by atoms with Crippen LogP contribution in [0.4, 0.5) is 13.2 Å². The van der Waals surface area contributed by atoms with Crippen LogP contribution < -0.4 is 0 Å². The van der Waals surface area contributed by atoms with Gasteiger partial charge in [-0.25, -0.2) is 4.68 Å². The molecule has 2 aromatic carbocycles. The summed E-state index contributed by atoms with van der Waals surface area (Å²) < 4.78 is 57.1. The van der Waals surface area contributed by atoms with Crippen molar-refractivity contribution in [2.45, 2.75) is 27.5 Å². The molecule has 0 aliphatic rings. The van der Waals surface area contributed by atoms with E-state index in [9.17, 15) is 13.2 Å². The van der Waals surface area contributed by atoms with E-state index >= 15 is 0 Å². The molecule has 1 heterocycles. The molecular weight excluding hydrogens is 377 g/mol. The summed E-state index contributed by atoms with van der Waals surface area (Å²) >= 11 is -0.750.